The number of hydrogen-bond donors (Lipinski definition) is 1. The van der Waals surface area contributed by atoms with Gasteiger partial charge < -0.3 is 9.84 Å². The highest BCUT2D eigenvalue weighted by molar-refractivity contribution is 5.76. The molecular formula is C16H15FO3. The Balaban J connectivity index is 2.33. The van der Waals surface area contributed by atoms with Gasteiger partial charge in [0.05, 0.1) is 13.0 Å². The summed E-state index contributed by atoms with van der Waals surface area (Å²) < 4.78 is 19.0. The first-order valence-electron chi connectivity index (χ1n) is 6.22. The molecule has 4 heteroatoms. The van der Waals surface area contributed by atoms with E-state index in [1.54, 1.807) is 36.4 Å². The number of carbonyl (C=O) groups is 1. The molecule has 0 saturated heterocycles. The molecule has 0 heterocycles. The Hall–Kier alpha value is -2.36. The largest absolute Gasteiger partial charge is 0.494 e. The van der Waals surface area contributed by atoms with Gasteiger partial charge in [-0.25, -0.2) is 4.39 Å². The molecule has 0 aliphatic rings. The number of halogens is 1. The molecule has 0 aliphatic carbocycles. The van der Waals surface area contributed by atoms with Gasteiger partial charge in [-0.05, 0) is 23.6 Å². The molecule has 2 rings (SSSR count). The molecule has 0 aromatic heterocycles. The van der Waals surface area contributed by atoms with Crippen LogP contribution >= 0.6 is 0 Å². The smallest absolute Gasteiger partial charge is 0.311 e. The van der Waals surface area contributed by atoms with Crippen molar-refractivity contribution in [3.05, 3.63) is 65.5 Å². The Bertz CT molecular complexity index is 596. The number of carboxylic acids is 1. The Morgan fingerprint density at radius 1 is 1.20 bits per heavy atom. The van der Waals surface area contributed by atoms with Gasteiger partial charge in [0.15, 0.2) is 11.6 Å². The molecule has 0 fully saturated rings. The summed E-state index contributed by atoms with van der Waals surface area (Å²) in [5.74, 6) is -2.13. The number of rotatable bonds is 5. The summed E-state index contributed by atoms with van der Waals surface area (Å²) in [6.07, 6.45) is 0.0857. The van der Waals surface area contributed by atoms with Crippen LogP contribution in [0.3, 0.4) is 0 Å². The van der Waals surface area contributed by atoms with Crippen molar-refractivity contribution in [3.8, 4) is 5.75 Å². The summed E-state index contributed by atoms with van der Waals surface area (Å²) in [7, 11) is 1.38. The van der Waals surface area contributed by atoms with Gasteiger partial charge in [-0.15, -0.1) is 0 Å². The fourth-order valence-corrected chi connectivity index (χ4v) is 2.12. The number of methoxy groups -OCH3 is 1. The van der Waals surface area contributed by atoms with Crippen molar-refractivity contribution in [3.63, 3.8) is 0 Å². The zero-order valence-corrected chi connectivity index (χ0v) is 11.0. The minimum Gasteiger partial charge on any atom is -0.494 e. The van der Waals surface area contributed by atoms with Gasteiger partial charge in [0, 0.05) is 0 Å². The van der Waals surface area contributed by atoms with E-state index in [2.05, 4.69) is 0 Å². The van der Waals surface area contributed by atoms with E-state index < -0.39 is 17.7 Å². The van der Waals surface area contributed by atoms with Crippen LogP contribution in [-0.4, -0.2) is 18.2 Å². The third-order valence-corrected chi connectivity index (χ3v) is 3.19. The lowest BCUT2D eigenvalue weighted by atomic mass is 9.92. The maximum atomic E-state index is 14.1. The van der Waals surface area contributed by atoms with Crippen molar-refractivity contribution in [1.82, 2.24) is 0 Å². The highest BCUT2D eigenvalue weighted by atomic mass is 19.1. The van der Waals surface area contributed by atoms with Crippen molar-refractivity contribution < 1.29 is 19.0 Å². The van der Waals surface area contributed by atoms with E-state index in [1.807, 2.05) is 6.07 Å². The van der Waals surface area contributed by atoms with Gasteiger partial charge in [-0.2, -0.15) is 0 Å². The molecule has 20 heavy (non-hydrogen) atoms. The number of ether oxygens (including phenoxy) is 1. The fraction of sp³-hybridized carbons (Fsp3) is 0.188. The van der Waals surface area contributed by atoms with Gasteiger partial charge in [0.2, 0.25) is 0 Å². The molecule has 104 valence electrons. The van der Waals surface area contributed by atoms with E-state index >= 15 is 0 Å². The standard InChI is InChI=1S/C16H15FO3/c1-20-14-9-5-8-12(15(14)17)10-13(16(18)19)11-6-3-2-4-7-11/h2-9,13H,10H2,1H3,(H,18,19). The maximum Gasteiger partial charge on any atom is 0.311 e. The van der Waals surface area contributed by atoms with E-state index in [0.717, 1.165) is 0 Å². The predicted molar refractivity (Wildman–Crippen MR) is 73.5 cm³/mol. The van der Waals surface area contributed by atoms with Crippen molar-refractivity contribution in [2.75, 3.05) is 7.11 Å². The summed E-state index contributed by atoms with van der Waals surface area (Å²) in [6, 6.07) is 13.6. The zero-order valence-electron chi connectivity index (χ0n) is 11.0. The monoisotopic (exact) mass is 274 g/mol. The lowest BCUT2D eigenvalue weighted by Crippen LogP contribution is -2.15. The van der Waals surface area contributed by atoms with Crippen LogP contribution in [-0.2, 0) is 11.2 Å². The molecular weight excluding hydrogens is 259 g/mol. The van der Waals surface area contributed by atoms with E-state index in [0.29, 0.717) is 11.1 Å². The van der Waals surface area contributed by atoms with Crippen molar-refractivity contribution in [2.45, 2.75) is 12.3 Å². The van der Waals surface area contributed by atoms with Crippen LogP contribution in [0.2, 0.25) is 0 Å². The van der Waals surface area contributed by atoms with Crippen LogP contribution in [0, 0.1) is 5.82 Å². The molecule has 0 saturated carbocycles. The first kappa shape index (κ1) is 14.1. The van der Waals surface area contributed by atoms with Gasteiger partial charge >= 0.3 is 5.97 Å². The molecule has 0 amide bonds. The number of carboxylic acid groups (broad SMARTS) is 1. The molecule has 0 spiro atoms. The molecule has 0 bridgehead atoms. The summed E-state index contributed by atoms with van der Waals surface area (Å²) in [5, 5.41) is 9.35. The first-order valence-corrected chi connectivity index (χ1v) is 6.22. The van der Waals surface area contributed by atoms with E-state index in [1.165, 1.54) is 13.2 Å². The second-order valence-electron chi connectivity index (χ2n) is 4.44. The Morgan fingerprint density at radius 3 is 2.50 bits per heavy atom. The maximum absolute atomic E-state index is 14.1. The average Bonchev–Trinajstić information content (AvgIpc) is 2.46. The second-order valence-corrected chi connectivity index (χ2v) is 4.44. The lowest BCUT2D eigenvalue weighted by molar-refractivity contribution is -0.138. The van der Waals surface area contributed by atoms with Crippen molar-refractivity contribution >= 4 is 5.97 Å². The fourth-order valence-electron chi connectivity index (χ4n) is 2.12. The van der Waals surface area contributed by atoms with E-state index in [-0.39, 0.29) is 12.2 Å². The topological polar surface area (TPSA) is 46.5 Å². The summed E-state index contributed by atoms with van der Waals surface area (Å²) in [5.41, 5.74) is 0.989. The van der Waals surface area contributed by atoms with Crippen LogP contribution in [0.25, 0.3) is 0 Å². The quantitative estimate of drug-likeness (QED) is 0.910. The van der Waals surface area contributed by atoms with Crippen molar-refractivity contribution in [1.29, 1.82) is 0 Å². The molecule has 1 atom stereocenters. The normalized spacial score (nSPS) is 11.9. The van der Waals surface area contributed by atoms with E-state index in [4.69, 9.17) is 4.74 Å². The second kappa shape index (κ2) is 6.19. The summed E-state index contributed by atoms with van der Waals surface area (Å²) in [4.78, 5) is 11.4. The summed E-state index contributed by atoms with van der Waals surface area (Å²) >= 11 is 0. The minimum absolute atomic E-state index is 0.0857. The molecule has 2 aromatic carbocycles. The van der Waals surface area contributed by atoms with Crippen LogP contribution in [0.15, 0.2) is 48.5 Å². The Morgan fingerprint density at radius 2 is 1.90 bits per heavy atom. The number of hydrogen-bond acceptors (Lipinski definition) is 2. The highest BCUT2D eigenvalue weighted by Crippen LogP contribution is 2.26. The number of aliphatic carboxylic acids is 1. The minimum atomic E-state index is -0.974. The summed E-state index contributed by atoms with van der Waals surface area (Å²) in [6.45, 7) is 0. The first-order chi connectivity index (χ1) is 9.63. The average molecular weight is 274 g/mol. The molecule has 1 N–H and O–H groups in total. The van der Waals surface area contributed by atoms with Gasteiger partial charge in [-0.1, -0.05) is 42.5 Å². The molecule has 2 aromatic rings. The van der Waals surface area contributed by atoms with Crippen LogP contribution in [0.1, 0.15) is 17.0 Å². The van der Waals surface area contributed by atoms with Crippen LogP contribution in [0.5, 0.6) is 5.75 Å². The van der Waals surface area contributed by atoms with Crippen LogP contribution in [0.4, 0.5) is 4.39 Å². The van der Waals surface area contributed by atoms with Gasteiger partial charge in [-0.3, -0.25) is 4.79 Å². The molecule has 0 radical (unpaired) electrons. The lowest BCUT2D eigenvalue weighted by Gasteiger charge is -2.14. The zero-order chi connectivity index (χ0) is 14.5. The molecule has 0 aliphatic heterocycles. The number of benzene rings is 2. The third-order valence-electron chi connectivity index (χ3n) is 3.19. The van der Waals surface area contributed by atoms with Crippen molar-refractivity contribution in [2.24, 2.45) is 0 Å². The third kappa shape index (κ3) is 2.96. The van der Waals surface area contributed by atoms with Gasteiger partial charge in [0.1, 0.15) is 0 Å². The van der Waals surface area contributed by atoms with E-state index in [9.17, 15) is 14.3 Å². The SMILES string of the molecule is COc1cccc(CC(C(=O)O)c2ccccc2)c1F. The Labute approximate surface area is 116 Å². The Kier molecular flexibility index (Phi) is 4.35. The predicted octanol–water partition coefficient (Wildman–Crippen LogP) is 3.25. The van der Waals surface area contributed by atoms with Gasteiger partial charge in [0.25, 0.3) is 0 Å². The highest BCUT2D eigenvalue weighted by Gasteiger charge is 2.22. The molecule has 1 unspecified atom stereocenters. The van der Waals surface area contributed by atoms with Crippen LogP contribution < -0.4 is 4.74 Å². The molecule has 3 nitrogen and oxygen atoms in total.